The van der Waals surface area contributed by atoms with Crippen molar-refractivity contribution in [3.05, 3.63) is 71.3 Å². The molecule has 0 aromatic heterocycles. The van der Waals surface area contributed by atoms with Crippen LogP contribution in [0.4, 0.5) is 8.78 Å². The minimum absolute atomic E-state index is 0.101. The number of ether oxygens (including phenoxy) is 1. The first-order chi connectivity index (χ1) is 14.7. The number of halogens is 2. The molecule has 0 saturated heterocycles. The maximum atomic E-state index is 13.2. The van der Waals surface area contributed by atoms with E-state index in [1.165, 1.54) is 48.5 Å². The van der Waals surface area contributed by atoms with Crippen molar-refractivity contribution in [2.75, 3.05) is 6.54 Å². The van der Waals surface area contributed by atoms with Crippen molar-refractivity contribution < 1.29 is 23.1 Å². The Hall–Kier alpha value is -2.76. The quantitative estimate of drug-likeness (QED) is 0.496. The fourth-order valence-corrected chi connectivity index (χ4v) is 3.49. The Balaban J connectivity index is 2.14. The number of benzene rings is 2. The van der Waals surface area contributed by atoms with Crippen LogP contribution in [-0.2, 0) is 4.74 Å². The molecule has 2 unspecified atom stereocenters. The summed E-state index contributed by atoms with van der Waals surface area (Å²) >= 11 is 0. The molecule has 2 aromatic carbocycles. The molecule has 0 aliphatic heterocycles. The Morgan fingerprint density at radius 2 is 1.29 bits per heavy atom. The summed E-state index contributed by atoms with van der Waals surface area (Å²) in [6.07, 6.45) is 0.975. The van der Waals surface area contributed by atoms with Crippen molar-refractivity contribution >= 4 is 11.9 Å². The lowest BCUT2D eigenvalue weighted by atomic mass is 9.87. The highest BCUT2D eigenvalue weighted by Gasteiger charge is 2.28. The maximum absolute atomic E-state index is 13.2. The number of hydrogen-bond donors (Lipinski definition) is 1. The normalized spacial score (nSPS) is 13.2. The molecular formula is C25H31F2NO3. The molecule has 168 valence electrons. The second-order valence-corrected chi connectivity index (χ2v) is 8.69. The fourth-order valence-electron chi connectivity index (χ4n) is 3.49. The monoisotopic (exact) mass is 431 g/mol. The average Bonchev–Trinajstić information content (AvgIpc) is 2.70. The van der Waals surface area contributed by atoms with Gasteiger partial charge in [0.25, 0.3) is 5.91 Å². The molecule has 0 aliphatic carbocycles. The van der Waals surface area contributed by atoms with Crippen LogP contribution in [0.2, 0.25) is 0 Å². The molecule has 2 aromatic rings. The number of nitrogens with one attached hydrogen (secondary N) is 1. The molecule has 0 bridgehead atoms. The maximum Gasteiger partial charge on any atom is 0.338 e. The lowest BCUT2D eigenvalue weighted by Crippen LogP contribution is -2.38. The first-order valence-corrected chi connectivity index (χ1v) is 10.7. The minimum Gasteiger partial charge on any atom is -0.458 e. The van der Waals surface area contributed by atoms with Crippen molar-refractivity contribution in [2.45, 2.75) is 46.6 Å². The number of amides is 1. The molecule has 2 rings (SSSR count). The smallest absolute Gasteiger partial charge is 0.338 e. The standard InChI is InChI=1S/C25H31F2NO3/c1-16(2)13-20(15-28-24(29)18-5-9-21(26)10-6-18)23(14-17(3)4)31-25(30)19-7-11-22(27)12-8-19/h5-12,16-17,20,23H,13-15H2,1-4H3,(H,28,29). The second-order valence-electron chi connectivity index (χ2n) is 8.69. The van der Waals surface area contributed by atoms with Crippen LogP contribution in [0.25, 0.3) is 0 Å². The van der Waals surface area contributed by atoms with E-state index in [2.05, 4.69) is 19.2 Å². The number of rotatable bonds is 10. The molecule has 0 spiro atoms. The Labute approximate surface area is 183 Å². The van der Waals surface area contributed by atoms with Gasteiger partial charge in [0, 0.05) is 18.0 Å². The summed E-state index contributed by atoms with van der Waals surface area (Å²) in [5.41, 5.74) is 0.655. The molecular weight excluding hydrogens is 400 g/mol. The first-order valence-electron chi connectivity index (χ1n) is 10.7. The first kappa shape index (κ1) is 24.5. The lowest BCUT2D eigenvalue weighted by Gasteiger charge is -2.30. The summed E-state index contributed by atoms with van der Waals surface area (Å²) in [4.78, 5) is 25.2. The summed E-state index contributed by atoms with van der Waals surface area (Å²) < 4.78 is 32.1. The van der Waals surface area contributed by atoms with E-state index in [9.17, 15) is 18.4 Å². The highest BCUT2D eigenvalue weighted by molar-refractivity contribution is 5.94. The largest absolute Gasteiger partial charge is 0.458 e. The van der Waals surface area contributed by atoms with Crippen molar-refractivity contribution in [2.24, 2.45) is 17.8 Å². The van der Waals surface area contributed by atoms with E-state index in [0.717, 1.165) is 6.42 Å². The van der Waals surface area contributed by atoms with E-state index < -0.39 is 23.7 Å². The third kappa shape index (κ3) is 8.12. The third-order valence-corrected chi connectivity index (χ3v) is 4.97. The molecule has 0 aliphatic rings. The zero-order chi connectivity index (χ0) is 23.0. The minimum atomic E-state index is -0.510. The van der Waals surface area contributed by atoms with Crippen LogP contribution in [0.5, 0.6) is 0 Å². The number of hydrogen-bond acceptors (Lipinski definition) is 3. The molecule has 1 amide bonds. The lowest BCUT2D eigenvalue weighted by molar-refractivity contribution is 0.00395. The zero-order valence-corrected chi connectivity index (χ0v) is 18.5. The zero-order valence-electron chi connectivity index (χ0n) is 18.5. The molecule has 0 heterocycles. The van der Waals surface area contributed by atoms with Gasteiger partial charge in [-0.25, -0.2) is 13.6 Å². The van der Waals surface area contributed by atoms with Crippen molar-refractivity contribution in [3.63, 3.8) is 0 Å². The summed E-state index contributed by atoms with van der Waals surface area (Å²) in [5.74, 6) is -1.14. The van der Waals surface area contributed by atoms with Gasteiger partial charge in [-0.05, 0) is 73.2 Å². The van der Waals surface area contributed by atoms with Gasteiger partial charge in [-0.15, -0.1) is 0 Å². The van der Waals surface area contributed by atoms with Crippen LogP contribution < -0.4 is 5.32 Å². The van der Waals surface area contributed by atoms with Crippen LogP contribution >= 0.6 is 0 Å². The van der Waals surface area contributed by atoms with Gasteiger partial charge in [-0.3, -0.25) is 4.79 Å². The molecule has 1 N–H and O–H groups in total. The molecule has 0 radical (unpaired) electrons. The van der Waals surface area contributed by atoms with Crippen LogP contribution in [0.1, 0.15) is 61.3 Å². The van der Waals surface area contributed by atoms with Gasteiger partial charge in [-0.1, -0.05) is 27.7 Å². The van der Waals surface area contributed by atoms with E-state index in [4.69, 9.17) is 4.74 Å². The number of carbonyl (C=O) groups excluding carboxylic acids is 2. The van der Waals surface area contributed by atoms with Crippen LogP contribution in [-0.4, -0.2) is 24.5 Å². The fraction of sp³-hybridized carbons (Fsp3) is 0.440. The Morgan fingerprint density at radius 3 is 1.77 bits per heavy atom. The molecule has 31 heavy (non-hydrogen) atoms. The Kier molecular flexibility index (Phi) is 9.16. The average molecular weight is 432 g/mol. The SMILES string of the molecule is CC(C)CC(CNC(=O)c1ccc(F)cc1)C(CC(C)C)OC(=O)c1ccc(F)cc1. The van der Waals surface area contributed by atoms with Crippen LogP contribution in [0.3, 0.4) is 0 Å². The predicted octanol–water partition coefficient (Wildman–Crippen LogP) is 5.63. The van der Waals surface area contributed by atoms with E-state index >= 15 is 0 Å². The van der Waals surface area contributed by atoms with Crippen LogP contribution in [0, 0.1) is 29.4 Å². The topological polar surface area (TPSA) is 55.4 Å². The summed E-state index contributed by atoms with van der Waals surface area (Å²) in [6, 6.07) is 10.6. The van der Waals surface area contributed by atoms with Gasteiger partial charge in [0.2, 0.25) is 0 Å². The second kappa shape index (κ2) is 11.6. The molecule has 0 fully saturated rings. The predicted molar refractivity (Wildman–Crippen MR) is 117 cm³/mol. The van der Waals surface area contributed by atoms with E-state index in [-0.39, 0.29) is 23.3 Å². The number of carbonyl (C=O) groups is 2. The summed E-state index contributed by atoms with van der Waals surface area (Å²) in [7, 11) is 0. The van der Waals surface area contributed by atoms with Crippen LogP contribution in [0.15, 0.2) is 48.5 Å². The summed E-state index contributed by atoms with van der Waals surface area (Å²) in [5, 5.41) is 2.90. The van der Waals surface area contributed by atoms with E-state index in [0.29, 0.717) is 24.4 Å². The highest BCUT2D eigenvalue weighted by atomic mass is 19.1. The van der Waals surface area contributed by atoms with Crippen molar-refractivity contribution in [1.82, 2.24) is 5.32 Å². The Morgan fingerprint density at radius 1 is 0.806 bits per heavy atom. The third-order valence-electron chi connectivity index (χ3n) is 4.97. The Bertz CT molecular complexity index is 848. The summed E-state index contributed by atoms with van der Waals surface area (Å²) in [6.45, 7) is 8.55. The van der Waals surface area contributed by atoms with E-state index in [1.807, 2.05) is 13.8 Å². The molecule has 0 saturated carbocycles. The van der Waals surface area contributed by atoms with E-state index in [1.54, 1.807) is 0 Å². The van der Waals surface area contributed by atoms with Gasteiger partial charge < -0.3 is 10.1 Å². The molecule has 2 atom stereocenters. The van der Waals surface area contributed by atoms with Gasteiger partial charge in [0.15, 0.2) is 0 Å². The van der Waals surface area contributed by atoms with Gasteiger partial charge in [-0.2, -0.15) is 0 Å². The molecule has 4 nitrogen and oxygen atoms in total. The van der Waals surface area contributed by atoms with Gasteiger partial charge in [0.1, 0.15) is 17.7 Å². The van der Waals surface area contributed by atoms with Gasteiger partial charge in [0.05, 0.1) is 5.56 Å². The van der Waals surface area contributed by atoms with Gasteiger partial charge >= 0.3 is 5.97 Å². The highest BCUT2D eigenvalue weighted by Crippen LogP contribution is 2.24. The van der Waals surface area contributed by atoms with Crippen molar-refractivity contribution in [1.29, 1.82) is 0 Å². The number of esters is 1. The molecule has 6 heteroatoms. The van der Waals surface area contributed by atoms with Crippen molar-refractivity contribution in [3.8, 4) is 0 Å².